The summed E-state index contributed by atoms with van der Waals surface area (Å²) in [7, 11) is 0. The first kappa shape index (κ1) is 19.3. The molecule has 0 spiro atoms. The minimum atomic E-state index is -0.296. The summed E-state index contributed by atoms with van der Waals surface area (Å²) in [4.78, 5) is 25.7. The third kappa shape index (κ3) is 4.43. The van der Waals surface area contributed by atoms with Gasteiger partial charge in [0.15, 0.2) is 5.82 Å². The van der Waals surface area contributed by atoms with E-state index in [1.54, 1.807) is 6.07 Å². The second-order valence-corrected chi connectivity index (χ2v) is 7.06. The molecule has 0 unspecified atom stereocenters. The summed E-state index contributed by atoms with van der Waals surface area (Å²) >= 11 is 0. The predicted octanol–water partition coefficient (Wildman–Crippen LogP) is 3.74. The van der Waals surface area contributed by atoms with Gasteiger partial charge in [0.2, 0.25) is 5.91 Å². The lowest BCUT2D eigenvalue weighted by Gasteiger charge is -2.36. The normalized spacial score (nSPS) is 14.5. The predicted molar refractivity (Wildman–Crippen MR) is 105 cm³/mol. The molecule has 0 saturated carbocycles. The molecule has 1 aromatic carbocycles. The summed E-state index contributed by atoms with van der Waals surface area (Å²) in [6.45, 7) is 8.98. The molecule has 0 aliphatic carbocycles. The zero-order valence-corrected chi connectivity index (χ0v) is 16.3. The molecule has 6 heteroatoms. The fourth-order valence-corrected chi connectivity index (χ4v) is 3.33. The molecule has 1 amide bonds. The molecule has 0 bridgehead atoms. The van der Waals surface area contributed by atoms with Gasteiger partial charge < -0.3 is 9.80 Å². The molecule has 1 fully saturated rings. The monoisotopic (exact) mass is 370 g/mol. The van der Waals surface area contributed by atoms with Crippen molar-refractivity contribution < 1.29 is 9.18 Å². The molecule has 0 radical (unpaired) electrons. The molecule has 27 heavy (non-hydrogen) atoms. The molecular weight excluding hydrogens is 343 g/mol. The molecule has 5 nitrogen and oxygen atoms in total. The van der Waals surface area contributed by atoms with Crippen LogP contribution in [0.5, 0.6) is 0 Å². The van der Waals surface area contributed by atoms with E-state index in [0.717, 1.165) is 43.0 Å². The number of hydrogen-bond acceptors (Lipinski definition) is 4. The second-order valence-electron chi connectivity index (χ2n) is 7.06. The zero-order chi connectivity index (χ0) is 19.4. The highest BCUT2D eigenvalue weighted by molar-refractivity contribution is 5.76. The van der Waals surface area contributed by atoms with Crippen LogP contribution < -0.4 is 4.90 Å². The first-order chi connectivity index (χ1) is 13.0. The molecule has 144 valence electrons. The zero-order valence-electron chi connectivity index (χ0n) is 16.3. The van der Waals surface area contributed by atoms with E-state index in [1.807, 2.05) is 24.8 Å². The first-order valence-electron chi connectivity index (χ1n) is 9.63. The van der Waals surface area contributed by atoms with Crippen LogP contribution in [-0.4, -0.2) is 47.0 Å². The smallest absolute Gasteiger partial charge is 0.222 e. The minimum Gasteiger partial charge on any atom is -0.353 e. The van der Waals surface area contributed by atoms with Crippen molar-refractivity contribution in [3.05, 3.63) is 41.3 Å². The van der Waals surface area contributed by atoms with Gasteiger partial charge in [0.1, 0.15) is 11.6 Å². The number of aromatic nitrogens is 2. The largest absolute Gasteiger partial charge is 0.353 e. The SMILES string of the molecule is CCCCC(=O)N1CCN(c2nc(-c3cccc(F)c3)nc(C)c2C)CC1. The van der Waals surface area contributed by atoms with Crippen LogP contribution in [0.2, 0.25) is 0 Å². The van der Waals surface area contributed by atoms with Gasteiger partial charge in [-0.1, -0.05) is 25.5 Å². The topological polar surface area (TPSA) is 49.3 Å². The van der Waals surface area contributed by atoms with E-state index in [0.29, 0.717) is 30.9 Å². The van der Waals surface area contributed by atoms with Gasteiger partial charge >= 0.3 is 0 Å². The van der Waals surface area contributed by atoms with Crippen molar-refractivity contribution in [2.45, 2.75) is 40.0 Å². The fourth-order valence-electron chi connectivity index (χ4n) is 3.33. The summed E-state index contributed by atoms with van der Waals surface area (Å²) in [5.41, 5.74) is 2.59. The van der Waals surface area contributed by atoms with E-state index in [-0.39, 0.29) is 11.7 Å². The van der Waals surface area contributed by atoms with Crippen LogP contribution in [0.1, 0.15) is 37.4 Å². The fraction of sp³-hybridized carbons (Fsp3) is 0.476. The van der Waals surface area contributed by atoms with Gasteiger partial charge in [0.05, 0.1) is 0 Å². The number of anilines is 1. The maximum absolute atomic E-state index is 13.6. The van der Waals surface area contributed by atoms with Gasteiger partial charge in [0, 0.05) is 49.4 Å². The molecule has 0 atom stereocenters. The highest BCUT2D eigenvalue weighted by Crippen LogP contribution is 2.26. The van der Waals surface area contributed by atoms with Crippen molar-refractivity contribution in [3.8, 4) is 11.4 Å². The maximum Gasteiger partial charge on any atom is 0.222 e. The number of unbranched alkanes of at least 4 members (excludes halogenated alkanes) is 1. The van der Waals surface area contributed by atoms with Crippen LogP contribution in [0.25, 0.3) is 11.4 Å². The average Bonchev–Trinajstić information content (AvgIpc) is 2.68. The number of benzene rings is 1. The Labute approximate surface area is 160 Å². The van der Waals surface area contributed by atoms with E-state index in [2.05, 4.69) is 16.8 Å². The Balaban J connectivity index is 1.78. The molecule has 3 rings (SSSR count). The number of nitrogens with zero attached hydrogens (tertiary/aromatic N) is 4. The van der Waals surface area contributed by atoms with Crippen molar-refractivity contribution in [1.29, 1.82) is 0 Å². The maximum atomic E-state index is 13.6. The summed E-state index contributed by atoms with van der Waals surface area (Å²) in [6.07, 6.45) is 2.61. The number of carbonyl (C=O) groups excluding carboxylic acids is 1. The van der Waals surface area contributed by atoms with Crippen molar-refractivity contribution in [1.82, 2.24) is 14.9 Å². The molecule has 2 heterocycles. The number of carbonyl (C=O) groups is 1. The Morgan fingerprint density at radius 1 is 1.15 bits per heavy atom. The Morgan fingerprint density at radius 2 is 1.89 bits per heavy atom. The van der Waals surface area contributed by atoms with Crippen molar-refractivity contribution >= 4 is 11.7 Å². The summed E-state index contributed by atoms with van der Waals surface area (Å²) in [5.74, 6) is 1.36. The minimum absolute atomic E-state index is 0.243. The van der Waals surface area contributed by atoms with E-state index < -0.39 is 0 Å². The van der Waals surface area contributed by atoms with Crippen LogP contribution in [0, 0.1) is 19.7 Å². The van der Waals surface area contributed by atoms with Crippen molar-refractivity contribution in [2.75, 3.05) is 31.1 Å². The molecule has 1 aromatic heterocycles. The van der Waals surface area contributed by atoms with Gasteiger partial charge in [-0.2, -0.15) is 0 Å². The van der Waals surface area contributed by atoms with Crippen LogP contribution in [0.15, 0.2) is 24.3 Å². The van der Waals surface area contributed by atoms with Crippen LogP contribution in [-0.2, 0) is 4.79 Å². The number of rotatable bonds is 5. The molecular formula is C21H27FN4O. The lowest BCUT2D eigenvalue weighted by atomic mass is 10.1. The highest BCUT2D eigenvalue weighted by atomic mass is 19.1. The molecule has 1 aliphatic rings. The van der Waals surface area contributed by atoms with Gasteiger partial charge in [-0.05, 0) is 32.4 Å². The third-order valence-electron chi connectivity index (χ3n) is 5.12. The lowest BCUT2D eigenvalue weighted by Crippen LogP contribution is -2.49. The molecule has 1 saturated heterocycles. The molecule has 1 aliphatic heterocycles. The van der Waals surface area contributed by atoms with Crippen LogP contribution >= 0.6 is 0 Å². The third-order valence-corrected chi connectivity index (χ3v) is 5.12. The van der Waals surface area contributed by atoms with Crippen LogP contribution in [0.4, 0.5) is 10.2 Å². The summed E-state index contributed by atoms with van der Waals surface area (Å²) < 4.78 is 13.6. The quantitative estimate of drug-likeness (QED) is 0.805. The van der Waals surface area contributed by atoms with Crippen molar-refractivity contribution in [3.63, 3.8) is 0 Å². The number of amides is 1. The number of halogens is 1. The number of aryl methyl sites for hydroxylation is 1. The highest BCUT2D eigenvalue weighted by Gasteiger charge is 2.23. The van der Waals surface area contributed by atoms with Gasteiger partial charge in [-0.3, -0.25) is 4.79 Å². The standard InChI is InChI=1S/C21H27FN4O/c1-4-5-9-19(27)25-10-12-26(13-11-25)21-15(2)16(3)23-20(24-21)17-7-6-8-18(22)14-17/h6-8,14H,4-5,9-13H2,1-3H3. The molecule has 2 aromatic rings. The summed E-state index contributed by atoms with van der Waals surface area (Å²) in [5, 5.41) is 0. The van der Waals surface area contributed by atoms with Crippen LogP contribution in [0.3, 0.4) is 0 Å². The van der Waals surface area contributed by atoms with E-state index in [1.165, 1.54) is 12.1 Å². The molecule has 0 N–H and O–H groups in total. The van der Waals surface area contributed by atoms with Gasteiger partial charge in [-0.25, -0.2) is 14.4 Å². The Kier molecular flexibility index (Phi) is 6.04. The van der Waals surface area contributed by atoms with E-state index >= 15 is 0 Å². The van der Waals surface area contributed by atoms with E-state index in [4.69, 9.17) is 4.98 Å². The Bertz CT molecular complexity index is 816. The van der Waals surface area contributed by atoms with E-state index in [9.17, 15) is 9.18 Å². The van der Waals surface area contributed by atoms with Crippen molar-refractivity contribution in [2.24, 2.45) is 0 Å². The Hall–Kier alpha value is -2.50. The lowest BCUT2D eigenvalue weighted by molar-refractivity contribution is -0.131. The average molecular weight is 370 g/mol. The van der Waals surface area contributed by atoms with Gasteiger partial charge in [0.25, 0.3) is 0 Å². The second kappa shape index (κ2) is 8.46. The Morgan fingerprint density at radius 3 is 2.56 bits per heavy atom. The summed E-state index contributed by atoms with van der Waals surface area (Å²) in [6, 6.07) is 6.36. The number of hydrogen-bond donors (Lipinski definition) is 0. The first-order valence-corrected chi connectivity index (χ1v) is 9.63. The van der Waals surface area contributed by atoms with Gasteiger partial charge in [-0.15, -0.1) is 0 Å². The number of piperazine rings is 1.